The molecule has 1 fully saturated rings. The van der Waals surface area contributed by atoms with E-state index in [1.54, 1.807) is 0 Å². The Morgan fingerprint density at radius 2 is 1.89 bits per heavy atom. The zero-order valence-corrected chi connectivity index (χ0v) is 16.0. The molecule has 0 bridgehead atoms. The lowest BCUT2D eigenvalue weighted by Gasteiger charge is -2.22. The van der Waals surface area contributed by atoms with E-state index in [-0.39, 0.29) is 26.9 Å². The standard InChI is InChI=1S/C18H13Cl2N3O5/c1-18(11-3-2-4-12(8-11)23(27)28)16(25)22(17(26)21-18)9-15(24)10-5-6-13(19)14(20)7-10/h2-8H,9H2,1H3,(H,21,26). The summed E-state index contributed by atoms with van der Waals surface area (Å²) in [6.45, 7) is 0.920. The molecule has 144 valence electrons. The molecule has 0 saturated carbocycles. The number of urea groups is 1. The van der Waals surface area contributed by atoms with Crippen LogP contribution in [0.25, 0.3) is 0 Å². The molecule has 1 N–H and O–H groups in total. The molecule has 0 aromatic heterocycles. The molecule has 28 heavy (non-hydrogen) atoms. The van der Waals surface area contributed by atoms with Crippen LogP contribution < -0.4 is 5.32 Å². The first-order chi connectivity index (χ1) is 13.1. The number of nitrogens with one attached hydrogen (secondary N) is 1. The number of hydrogen-bond acceptors (Lipinski definition) is 5. The van der Waals surface area contributed by atoms with Gasteiger partial charge in [-0.1, -0.05) is 35.3 Å². The van der Waals surface area contributed by atoms with E-state index in [0.717, 1.165) is 4.90 Å². The van der Waals surface area contributed by atoms with Crippen LogP contribution >= 0.6 is 23.2 Å². The number of Topliss-reactive ketones (excluding diaryl/α,β-unsaturated/α-hetero) is 1. The Bertz CT molecular complexity index is 1030. The summed E-state index contributed by atoms with van der Waals surface area (Å²) in [7, 11) is 0. The Morgan fingerprint density at radius 1 is 1.18 bits per heavy atom. The van der Waals surface area contributed by atoms with E-state index in [4.69, 9.17) is 23.2 Å². The third-order valence-electron chi connectivity index (χ3n) is 4.45. The second kappa shape index (κ2) is 7.21. The van der Waals surface area contributed by atoms with E-state index < -0.39 is 34.7 Å². The van der Waals surface area contributed by atoms with Gasteiger partial charge in [0.25, 0.3) is 11.6 Å². The molecule has 2 aromatic rings. The third-order valence-corrected chi connectivity index (χ3v) is 5.19. The first-order valence-corrected chi connectivity index (χ1v) is 8.76. The number of non-ortho nitro benzene ring substituents is 1. The number of imide groups is 1. The van der Waals surface area contributed by atoms with Gasteiger partial charge >= 0.3 is 6.03 Å². The Morgan fingerprint density at radius 3 is 2.54 bits per heavy atom. The molecule has 0 aliphatic carbocycles. The number of rotatable bonds is 5. The second-order valence-corrected chi connectivity index (χ2v) is 7.12. The molecule has 1 aliphatic heterocycles. The van der Waals surface area contributed by atoms with Crippen LogP contribution in [0.2, 0.25) is 10.0 Å². The van der Waals surface area contributed by atoms with E-state index in [2.05, 4.69) is 5.32 Å². The van der Waals surface area contributed by atoms with Gasteiger partial charge in [-0.15, -0.1) is 0 Å². The van der Waals surface area contributed by atoms with Crippen molar-refractivity contribution in [1.82, 2.24) is 10.2 Å². The van der Waals surface area contributed by atoms with Crippen molar-refractivity contribution in [2.24, 2.45) is 0 Å². The number of nitrogens with zero attached hydrogens (tertiary/aromatic N) is 2. The average Bonchev–Trinajstić information content (AvgIpc) is 2.88. The van der Waals surface area contributed by atoms with Gasteiger partial charge in [-0.25, -0.2) is 4.79 Å². The summed E-state index contributed by atoms with van der Waals surface area (Å²) in [6.07, 6.45) is 0. The average molecular weight is 422 g/mol. The van der Waals surface area contributed by atoms with E-state index in [1.165, 1.54) is 49.4 Å². The molecule has 0 radical (unpaired) electrons. The fourth-order valence-electron chi connectivity index (χ4n) is 2.87. The summed E-state index contributed by atoms with van der Waals surface area (Å²) in [5.41, 5.74) is -1.31. The molecule has 1 heterocycles. The van der Waals surface area contributed by atoms with Gasteiger partial charge in [0, 0.05) is 17.7 Å². The number of carbonyl (C=O) groups is 3. The van der Waals surface area contributed by atoms with Gasteiger partial charge in [0.2, 0.25) is 0 Å². The van der Waals surface area contributed by atoms with Crippen LogP contribution in [0.5, 0.6) is 0 Å². The zero-order valence-electron chi connectivity index (χ0n) is 14.4. The predicted octanol–water partition coefficient (Wildman–Crippen LogP) is 3.55. The maximum absolute atomic E-state index is 12.9. The molecule has 3 rings (SSSR count). The van der Waals surface area contributed by atoms with Gasteiger partial charge in [-0.05, 0) is 30.7 Å². The molecule has 1 atom stereocenters. The van der Waals surface area contributed by atoms with Gasteiger partial charge in [0.15, 0.2) is 5.78 Å². The van der Waals surface area contributed by atoms with Crippen molar-refractivity contribution in [1.29, 1.82) is 0 Å². The van der Waals surface area contributed by atoms with Crippen molar-refractivity contribution in [2.75, 3.05) is 6.54 Å². The van der Waals surface area contributed by atoms with Gasteiger partial charge < -0.3 is 5.32 Å². The van der Waals surface area contributed by atoms with Gasteiger partial charge in [-0.2, -0.15) is 0 Å². The number of halogens is 2. The Hall–Kier alpha value is -2.97. The molecule has 1 aliphatic rings. The normalized spacial score (nSPS) is 18.9. The Kier molecular flexibility index (Phi) is 5.10. The molecular weight excluding hydrogens is 409 g/mol. The van der Waals surface area contributed by atoms with Crippen molar-refractivity contribution in [2.45, 2.75) is 12.5 Å². The molecule has 2 aromatic carbocycles. The van der Waals surface area contributed by atoms with Crippen molar-refractivity contribution in [3.63, 3.8) is 0 Å². The number of amides is 3. The SMILES string of the molecule is CC1(c2cccc([N+](=O)[O-])c2)NC(=O)N(CC(=O)c2ccc(Cl)c(Cl)c2)C1=O. The van der Waals surface area contributed by atoms with Gasteiger partial charge in [0.05, 0.1) is 21.5 Å². The summed E-state index contributed by atoms with van der Waals surface area (Å²) in [4.78, 5) is 48.9. The van der Waals surface area contributed by atoms with Crippen molar-refractivity contribution < 1.29 is 19.3 Å². The molecule has 3 amide bonds. The highest BCUT2D eigenvalue weighted by molar-refractivity contribution is 6.42. The summed E-state index contributed by atoms with van der Waals surface area (Å²) in [6, 6.07) is 8.86. The smallest absolute Gasteiger partial charge is 0.319 e. The first-order valence-electron chi connectivity index (χ1n) is 8.01. The maximum atomic E-state index is 12.9. The number of nitro benzene ring substituents is 1. The molecule has 1 unspecified atom stereocenters. The largest absolute Gasteiger partial charge is 0.325 e. The molecule has 10 heteroatoms. The van der Waals surface area contributed by atoms with Crippen molar-refractivity contribution in [3.05, 3.63) is 73.8 Å². The van der Waals surface area contributed by atoms with Crippen LogP contribution in [-0.4, -0.2) is 34.1 Å². The fraction of sp³-hybridized carbons (Fsp3) is 0.167. The highest BCUT2D eigenvalue weighted by Gasteiger charge is 2.49. The van der Waals surface area contributed by atoms with Crippen LogP contribution in [-0.2, 0) is 10.3 Å². The molecular formula is C18H13Cl2N3O5. The predicted molar refractivity (Wildman–Crippen MR) is 101 cm³/mol. The lowest BCUT2D eigenvalue weighted by atomic mass is 9.91. The Balaban J connectivity index is 1.87. The van der Waals surface area contributed by atoms with Crippen LogP contribution in [0.15, 0.2) is 42.5 Å². The Labute approximate surface area is 169 Å². The number of benzene rings is 2. The lowest BCUT2D eigenvalue weighted by molar-refractivity contribution is -0.385. The van der Waals surface area contributed by atoms with E-state index in [1.807, 2.05) is 0 Å². The van der Waals surface area contributed by atoms with E-state index in [0.29, 0.717) is 0 Å². The van der Waals surface area contributed by atoms with Gasteiger partial charge in [0.1, 0.15) is 5.54 Å². The van der Waals surface area contributed by atoms with E-state index in [9.17, 15) is 24.5 Å². The van der Waals surface area contributed by atoms with Crippen LogP contribution in [0.1, 0.15) is 22.8 Å². The molecule has 8 nitrogen and oxygen atoms in total. The van der Waals surface area contributed by atoms with Gasteiger partial charge in [-0.3, -0.25) is 24.6 Å². The minimum Gasteiger partial charge on any atom is -0.319 e. The highest BCUT2D eigenvalue weighted by atomic mass is 35.5. The van der Waals surface area contributed by atoms with Crippen LogP contribution in [0.3, 0.4) is 0 Å². The summed E-state index contributed by atoms with van der Waals surface area (Å²) in [5, 5.41) is 13.9. The highest BCUT2D eigenvalue weighted by Crippen LogP contribution is 2.31. The second-order valence-electron chi connectivity index (χ2n) is 6.31. The maximum Gasteiger partial charge on any atom is 0.325 e. The monoisotopic (exact) mass is 421 g/mol. The number of ketones is 1. The topological polar surface area (TPSA) is 110 Å². The number of nitro groups is 1. The van der Waals surface area contributed by atoms with Crippen molar-refractivity contribution >= 4 is 46.6 Å². The van der Waals surface area contributed by atoms with Crippen molar-refractivity contribution in [3.8, 4) is 0 Å². The summed E-state index contributed by atoms with van der Waals surface area (Å²) >= 11 is 11.7. The van der Waals surface area contributed by atoms with Crippen LogP contribution in [0.4, 0.5) is 10.5 Å². The quantitative estimate of drug-likeness (QED) is 0.343. The van der Waals surface area contributed by atoms with E-state index >= 15 is 0 Å². The molecule has 1 saturated heterocycles. The summed E-state index contributed by atoms with van der Waals surface area (Å²) < 4.78 is 0. The minimum atomic E-state index is -1.53. The number of hydrogen-bond donors (Lipinski definition) is 1. The summed E-state index contributed by atoms with van der Waals surface area (Å²) in [5.74, 6) is -1.20. The number of carbonyl (C=O) groups excluding carboxylic acids is 3. The first kappa shape index (κ1) is 19.8. The minimum absolute atomic E-state index is 0.172. The lowest BCUT2D eigenvalue weighted by Crippen LogP contribution is -2.41. The zero-order chi connectivity index (χ0) is 20.6. The van der Waals surface area contributed by atoms with Crippen LogP contribution in [0, 0.1) is 10.1 Å². The fourth-order valence-corrected chi connectivity index (χ4v) is 3.17. The molecule has 0 spiro atoms. The third kappa shape index (κ3) is 3.44.